The van der Waals surface area contributed by atoms with Crippen LogP contribution in [-0.4, -0.2) is 31.7 Å². The van der Waals surface area contributed by atoms with Crippen LogP contribution in [0.2, 0.25) is 0 Å². The third-order valence-corrected chi connectivity index (χ3v) is 2.14. The van der Waals surface area contributed by atoms with Gasteiger partial charge in [-0.05, 0) is 6.92 Å². The van der Waals surface area contributed by atoms with Crippen LogP contribution in [0, 0.1) is 0 Å². The molecular weight excluding hydrogens is 202 g/mol. The van der Waals surface area contributed by atoms with Crippen molar-refractivity contribution in [3.8, 4) is 0 Å². The van der Waals surface area contributed by atoms with E-state index < -0.39 is 16.0 Å². The highest BCUT2D eigenvalue weighted by molar-refractivity contribution is 6.68. The summed E-state index contributed by atoms with van der Waals surface area (Å²) in [5.41, 5.74) is -1.67. The van der Waals surface area contributed by atoms with Crippen LogP contribution in [0.5, 0.6) is 0 Å². The van der Waals surface area contributed by atoms with Crippen molar-refractivity contribution in [3.63, 3.8) is 0 Å². The van der Waals surface area contributed by atoms with Crippen molar-refractivity contribution < 1.29 is 15.7 Å². The Balaban J connectivity index is 0. The van der Waals surface area contributed by atoms with Gasteiger partial charge >= 0.3 is 0 Å². The standard InChI is InChI=1S/C4H7Cl3O2.H2O/c1-3(9,2-8)4(5,6)7;/h8-9H,2H2,1H3;1H2. The van der Waals surface area contributed by atoms with Crippen LogP contribution in [0.4, 0.5) is 0 Å². The van der Waals surface area contributed by atoms with Crippen molar-refractivity contribution in [3.05, 3.63) is 0 Å². The lowest BCUT2D eigenvalue weighted by Crippen LogP contribution is -2.43. The predicted octanol–water partition coefficient (Wildman–Crippen LogP) is 0.275. The van der Waals surface area contributed by atoms with E-state index in [2.05, 4.69) is 0 Å². The minimum atomic E-state index is -1.83. The van der Waals surface area contributed by atoms with Gasteiger partial charge < -0.3 is 15.7 Å². The number of aliphatic hydroxyl groups excluding tert-OH is 1. The van der Waals surface area contributed by atoms with Gasteiger partial charge in [-0.15, -0.1) is 0 Å². The molecule has 0 amide bonds. The van der Waals surface area contributed by atoms with Crippen molar-refractivity contribution >= 4 is 34.8 Å². The van der Waals surface area contributed by atoms with Crippen molar-refractivity contribution in [2.24, 2.45) is 0 Å². The Morgan fingerprint density at radius 2 is 1.60 bits per heavy atom. The molecule has 0 radical (unpaired) electrons. The SMILES string of the molecule is CC(O)(CO)C(Cl)(Cl)Cl.O. The molecule has 0 aromatic carbocycles. The molecule has 0 aliphatic heterocycles. The molecule has 0 aliphatic rings. The molecule has 0 aromatic heterocycles. The second kappa shape index (κ2) is 3.95. The van der Waals surface area contributed by atoms with E-state index in [0.29, 0.717) is 0 Å². The van der Waals surface area contributed by atoms with Crippen LogP contribution in [0.1, 0.15) is 6.92 Å². The molecule has 3 nitrogen and oxygen atoms in total. The summed E-state index contributed by atoms with van der Waals surface area (Å²) in [5, 5.41) is 17.4. The molecule has 0 saturated carbocycles. The maximum absolute atomic E-state index is 9.01. The molecule has 0 saturated heterocycles. The van der Waals surface area contributed by atoms with Crippen LogP contribution in [0.15, 0.2) is 0 Å². The van der Waals surface area contributed by atoms with Gasteiger partial charge in [0.05, 0.1) is 6.61 Å². The largest absolute Gasteiger partial charge is 0.412 e. The Bertz CT molecular complexity index is 98.4. The van der Waals surface area contributed by atoms with Crippen molar-refractivity contribution in [2.45, 2.75) is 16.3 Å². The van der Waals surface area contributed by atoms with E-state index >= 15 is 0 Å². The van der Waals surface area contributed by atoms with Gasteiger partial charge in [-0.1, -0.05) is 34.8 Å². The molecule has 1 unspecified atom stereocenters. The molecule has 0 bridgehead atoms. The van der Waals surface area contributed by atoms with Gasteiger partial charge in [0, 0.05) is 0 Å². The Morgan fingerprint density at radius 3 is 1.60 bits per heavy atom. The van der Waals surface area contributed by atoms with Crippen molar-refractivity contribution in [1.29, 1.82) is 0 Å². The van der Waals surface area contributed by atoms with E-state index in [-0.39, 0.29) is 5.48 Å². The Kier molecular flexibility index (Phi) is 5.27. The zero-order valence-corrected chi connectivity index (χ0v) is 7.50. The molecular formula is C4H9Cl3O3. The van der Waals surface area contributed by atoms with Gasteiger partial charge in [0.1, 0.15) is 5.60 Å². The molecule has 1 atom stereocenters. The summed E-state index contributed by atoms with van der Waals surface area (Å²) in [5.74, 6) is 0. The highest BCUT2D eigenvalue weighted by atomic mass is 35.6. The molecule has 4 N–H and O–H groups in total. The molecule has 0 fully saturated rings. The first-order chi connectivity index (χ1) is 3.81. The fourth-order valence-corrected chi connectivity index (χ4v) is 0.269. The Hall–Kier alpha value is 0.750. The second-order valence-electron chi connectivity index (χ2n) is 1.93. The number of alkyl halides is 3. The maximum Gasteiger partial charge on any atom is 0.220 e. The predicted molar refractivity (Wildman–Crippen MR) is 41.6 cm³/mol. The fraction of sp³-hybridized carbons (Fsp3) is 1.00. The van der Waals surface area contributed by atoms with E-state index in [1.807, 2.05) is 0 Å². The molecule has 0 spiro atoms. The smallest absolute Gasteiger partial charge is 0.220 e. The molecule has 0 heterocycles. The van der Waals surface area contributed by atoms with Crippen LogP contribution in [0.25, 0.3) is 0 Å². The lowest BCUT2D eigenvalue weighted by molar-refractivity contribution is 0.00519. The summed E-state index contributed by atoms with van der Waals surface area (Å²) < 4.78 is -1.83. The van der Waals surface area contributed by atoms with Crippen molar-refractivity contribution in [2.75, 3.05) is 6.61 Å². The number of halogens is 3. The summed E-state index contributed by atoms with van der Waals surface area (Å²) in [4.78, 5) is 0. The lowest BCUT2D eigenvalue weighted by atomic mass is 10.1. The quantitative estimate of drug-likeness (QED) is 0.611. The average Bonchev–Trinajstić information content (AvgIpc) is 1.64. The number of rotatable bonds is 1. The van der Waals surface area contributed by atoms with Gasteiger partial charge in [0.15, 0.2) is 0 Å². The van der Waals surface area contributed by atoms with E-state index in [4.69, 9.17) is 45.0 Å². The highest BCUT2D eigenvalue weighted by Crippen LogP contribution is 2.37. The summed E-state index contributed by atoms with van der Waals surface area (Å²) in [7, 11) is 0. The van der Waals surface area contributed by atoms with Crippen molar-refractivity contribution in [1.82, 2.24) is 0 Å². The molecule has 10 heavy (non-hydrogen) atoms. The van der Waals surface area contributed by atoms with Gasteiger partial charge in [-0.2, -0.15) is 0 Å². The van der Waals surface area contributed by atoms with E-state index in [9.17, 15) is 0 Å². The third-order valence-electron chi connectivity index (χ3n) is 0.919. The molecule has 0 rings (SSSR count). The fourth-order valence-electron chi connectivity index (χ4n) is 0.0896. The van der Waals surface area contributed by atoms with Crippen LogP contribution < -0.4 is 0 Å². The highest BCUT2D eigenvalue weighted by Gasteiger charge is 2.42. The number of aliphatic hydroxyl groups is 2. The number of hydrogen-bond donors (Lipinski definition) is 2. The summed E-state index contributed by atoms with van der Waals surface area (Å²) >= 11 is 15.7. The van der Waals surface area contributed by atoms with Gasteiger partial charge in [0.25, 0.3) is 0 Å². The molecule has 0 aliphatic carbocycles. The van der Waals surface area contributed by atoms with E-state index in [1.54, 1.807) is 0 Å². The molecule has 0 aromatic rings. The Morgan fingerprint density at radius 1 is 1.30 bits per heavy atom. The summed E-state index contributed by atoms with van der Waals surface area (Å²) in [6.45, 7) is 0.656. The normalized spacial score (nSPS) is 17.4. The number of hydrogen-bond acceptors (Lipinski definition) is 2. The monoisotopic (exact) mass is 210 g/mol. The second-order valence-corrected chi connectivity index (χ2v) is 4.21. The average molecular weight is 211 g/mol. The summed E-state index contributed by atoms with van der Waals surface area (Å²) in [6, 6.07) is 0. The first-order valence-corrected chi connectivity index (χ1v) is 3.34. The lowest BCUT2D eigenvalue weighted by Gasteiger charge is -2.27. The van der Waals surface area contributed by atoms with Gasteiger partial charge in [-0.3, -0.25) is 0 Å². The zero-order chi connectivity index (χ0) is 7.71. The molecule has 64 valence electrons. The van der Waals surface area contributed by atoms with Gasteiger partial charge in [-0.25, -0.2) is 0 Å². The Labute approximate surface area is 73.8 Å². The van der Waals surface area contributed by atoms with Crippen LogP contribution >= 0.6 is 34.8 Å². The van der Waals surface area contributed by atoms with E-state index in [1.165, 1.54) is 6.92 Å². The zero-order valence-electron chi connectivity index (χ0n) is 5.24. The van der Waals surface area contributed by atoms with Crippen LogP contribution in [0.3, 0.4) is 0 Å². The van der Waals surface area contributed by atoms with Crippen LogP contribution in [-0.2, 0) is 0 Å². The summed E-state index contributed by atoms with van der Waals surface area (Å²) in [6.07, 6.45) is 0. The van der Waals surface area contributed by atoms with E-state index in [0.717, 1.165) is 0 Å². The topological polar surface area (TPSA) is 72.0 Å². The minimum Gasteiger partial charge on any atom is -0.412 e. The molecule has 6 heteroatoms. The maximum atomic E-state index is 9.01. The third kappa shape index (κ3) is 3.23. The van der Waals surface area contributed by atoms with Gasteiger partial charge in [0.2, 0.25) is 3.79 Å². The first kappa shape index (κ1) is 13.3. The minimum absolute atomic E-state index is 0. The first-order valence-electron chi connectivity index (χ1n) is 2.21.